The van der Waals surface area contributed by atoms with E-state index in [1.54, 1.807) is 11.8 Å². The zero-order chi connectivity index (χ0) is 14.3. The van der Waals surface area contributed by atoms with E-state index in [0.29, 0.717) is 23.1 Å². The van der Waals surface area contributed by atoms with Gasteiger partial charge in [-0.15, -0.1) is 0 Å². The molecule has 0 atom stereocenters. The van der Waals surface area contributed by atoms with Crippen molar-refractivity contribution in [2.45, 2.75) is 25.8 Å². The lowest BCUT2D eigenvalue weighted by atomic mass is 10.1. The molecule has 1 aliphatic carbocycles. The molecule has 1 heterocycles. The Bertz CT molecular complexity index is 660. The van der Waals surface area contributed by atoms with E-state index in [9.17, 15) is 9.18 Å². The second-order valence-corrected chi connectivity index (χ2v) is 5.15. The van der Waals surface area contributed by atoms with E-state index in [2.05, 4.69) is 0 Å². The van der Waals surface area contributed by atoms with Crippen LogP contribution in [0.25, 0.3) is 11.0 Å². The van der Waals surface area contributed by atoms with Gasteiger partial charge in [0.2, 0.25) is 0 Å². The quantitative estimate of drug-likeness (QED) is 0.934. The van der Waals surface area contributed by atoms with Gasteiger partial charge < -0.3 is 14.4 Å². The van der Waals surface area contributed by atoms with Crippen molar-refractivity contribution < 1.29 is 18.7 Å². The maximum atomic E-state index is 13.3. The Morgan fingerprint density at radius 2 is 2.25 bits per heavy atom. The molecule has 1 aromatic heterocycles. The molecule has 0 saturated heterocycles. The first-order chi connectivity index (χ1) is 9.61. The number of amides is 1. The number of aryl methyl sites for hydroxylation is 1. The predicted molar refractivity (Wildman–Crippen MR) is 72.1 cm³/mol. The van der Waals surface area contributed by atoms with Crippen LogP contribution >= 0.6 is 0 Å². The highest BCUT2D eigenvalue weighted by Crippen LogP contribution is 2.31. The van der Waals surface area contributed by atoms with Crippen LogP contribution in [0.2, 0.25) is 0 Å². The van der Waals surface area contributed by atoms with Gasteiger partial charge in [-0.25, -0.2) is 4.39 Å². The summed E-state index contributed by atoms with van der Waals surface area (Å²) >= 11 is 0. The topological polar surface area (TPSA) is 53.7 Å². The Morgan fingerprint density at radius 1 is 1.50 bits per heavy atom. The fraction of sp³-hybridized carbons (Fsp3) is 0.400. The summed E-state index contributed by atoms with van der Waals surface area (Å²) in [6, 6.07) is 4.41. The van der Waals surface area contributed by atoms with Crippen LogP contribution in [0.15, 0.2) is 22.6 Å². The van der Waals surface area contributed by atoms with Crippen molar-refractivity contribution in [1.29, 1.82) is 0 Å². The molecular formula is C15H16FNO3. The van der Waals surface area contributed by atoms with Gasteiger partial charge in [-0.2, -0.15) is 0 Å². The first-order valence-corrected chi connectivity index (χ1v) is 6.72. The van der Waals surface area contributed by atoms with Crippen molar-refractivity contribution in [3.05, 3.63) is 35.3 Å². The number of aliphatic hydroxyl groups is 1. The fourth-order valence-electron chi connectivity index (χ4n) is 2.47. The number of carbonyl (C=O) groups is 1. The molecule has 1 aliphatic rings. The van der Waals surface area contributed by atoms with Crippen LogP contribution in [0.1, 0.15) is 29.0 Å². The lowest BCUT2D eigenvalue weighted by molar-refractivity contribution is 0.0677. The molecule has 1 aromatic carbocycles. The van der Waals surface area contributed by atoms with Crippen molar-refractivity contribution in [3.8, 4) is 0 Å². The van der Waals surface area contributed by atoms with Gasteiger partial charge in [-0.05, 0) is 38.0 Å². The number of carbonyl (C=O) groups excluding carboxylic acids is 1. The Kier molecular flexibility index (Phi) is 3.22. The molecule has 0 bridgehead atoms. The van der Waals surface area contributed by atoms with Crippen LogP contribution in [-0.4, -0.2) is 35.1 Å². The molecule has 106 valence electrons. The number of halogens is 1. The summed E-state index contributed by atoms with van der Waals surface area (Å²) in [5, 5.41) is 9.70. The fourth-order valence-corrected chi connectivity index (χ4v) is 2.47. The summed E-state index contributed by atoms with van der Waals surface area (Å²) < 4.78 is 18.9. The average molecular weight is 277 g/mol. The highest BCUT2D eigenvalue weighted by molar-refractivity contribution is 5.99. The Morgan fingerprint density at radius 3 is 2.90 bits per heavy atom. The van der Waals surface area contributed by atoms with Gasteiger partial charge in [0.15, 0.2) is 5.76 Å². The predicted octanol–water partition coefficient (Wildman–Crippen LogP) is 2.48. The molecule has 3 rings (SSSR count). The van der Waals surface area contributed by atoms with E-state index in [1.165, 1.54) is 18.2 Å². The number of furan rings is 1. The molecular weight excluding hydrogens is 261 g/mol. The van der Waals surface area contributed by atoms with E-state index in [-0.39, 0.29) is 30.1 Å². The molecule has 1 N–H and O–H groups in total. The molecule has 1 amide bonds. The second-order valence-electron chi connectivity index (χ2n) is 5.15. The summed E-state index contributed by atoms with van der Waals surface area (Å²) in [7, 11) is 0. The smallest absolute Gasteiger partial charge is 0.290 e. The summed E-state index contributed by atoms with van der Waals surface area (Å²) in [6.07, 6.45) is 1.92. The summed E-state index contributed by atoms with van der Waals surface area (Å²) in [4.78, 5) is 14.2. The molecule has 2 aromatic rings. The number of hydrogen-bond acceptors (Lipinski definition) is 3. The van der Waals surface area contributed by atoms with Gasteiger partial charge in [-0.1, -0.05) is 0 Å². The lowest BCUT2D eigenvalue weighted by Crippen LogP contribution is -2.35. The van der Waals surface area contributed by atoms with Crippen LogP contribution in [0.5, 0.6) is 0 Å². The molecule has 0 radical (unpaired) electrons. The lowest BCUT2D eigenvalue weighted by Gasteiger charge is -2.20. The molecule has 20 heavy (non-hydrogen) atoms. The van der Waals surface area contributed by atoms with Crippen molar-refractivity contribution in [2.75, 3.05) is 13.2 Å². The van der Waals surface area contributed by atoms with Crippen LogP contribution < -0.4 is 0 Å². The van der Waals surface area contributed by atoms with E-state index < -0.39 is 0 Å². The average Bonchev–Trinajstić information content (AvgIpc) is 3.22. The maximum Gasteiger partial charge on any atom is 0.290 e. The summed E-state index contributed by atoms with van der Waals surface area (Å²) in [5.41, 5.74) is 1.15. The largest absolute Gasteiger partial charge is 0.451 e. The highest BCUT2D eigenvalue weighted by atomic mass is 19.1. The molecule has 0 aliphatic heterocycles. The van der Waals surface area contributed by atoms with Crippen molar-refractivity contribution in [2.24, 2.45) is 0 Å². The molecule has 0 spiro atoms. The Hall–Kier alpha value is -1.88. The molecule has 0 unspecified atom stereocenters. The van der Waals surface area contributed by atoms with Crippen molar-refractivity contribution in [1.82, 2.24) is 4.90 Å². The van der Waals surface area contributed by atoms with Crippen LogP contribution in [0, 0.1) is 12.7 Å². The number of rotatable bonds is 4. The van der Waals surface area contributed by atoms with Gasteiger partial charge >= 0.3 is 0 Å². The Balaban J connectivity index is 2.00. The van der Waals surface area contributed by atoms with E-state index in [4.69, 9.17) is 9.52 Å². The number of aliphatic hydroxyl groups excluding tert-OH is 1. The zero-order valence-electron chi connectivity index (χ0n) is 11.2. The Labute approximate surface area is 115 Å². The van der Waals surface area contributed by atoms with Gasteiger partial charge in [0.05, 0.1) is 6.61 Å². The maximum absolute atomic E-state index is 13.3. The summed E-state index contributed by atoms with van der Waals surface area (Å²) in [6.45, 7) is 1.98. The van der Waals surface area contributed by atoms with Crippen LogP contribution in [0.4, 0.5) is 4.39 Å². The zero-order valence-corrected chi connectivity index (χ0v) is 11.2. The first kappa shape index (κ1) is 13.1. The monoisotopic (exact) mass is 277 g/mol. The van der Waals surface area contributed by atoms with Gasteiger partial charge in [0.1, 0.15) is 11.4 Å². The van der Waals surface area contributed by atoms with Crippen LogP contribution in [-0.2, 0) is 0 Å². The standard InChI is InChI=1S/C15H16FNO3/c1-9-12-8-10(16)2-5-13(12)20-14(9)15(19)17(6-7-18)11-3-4-11/h2,5,8,11,18H,3-4,6-7H2,1H3. The molecule has 5 heteroatoms. The number of benzene rings is 1. The minimum Gasteiger partial charge on any atom is -0.451 e. The normalized spacial score (nSPS) is 14.8. The third kappa shape index (κ3) is 2.18. The third-order valence-electron chi connectivity index (χ3n) is 3.68. The second kappa shape index (κ2) is 4.90. The van der Waals surface area contributed by atoms with Gasteiger partial charge in [0.25, 0.3) is 5.91 Å². The minimum absolute atomic E-state index is 0.0733. The van der Waals surface area contributed by atoms with E-state index >= 15 is 0 Å². The highest BCUT2D eigenvalue weighted by Gasteiger charge is 2.34. The van der Waals surface area contributed by atoms with Crippen molar-refractivity contribution in [3.63, 3.8) is 0 Å². The minimum atomic E-state index is -0.352. The van der Waals surface area contributed by atoms with Gasteiger partial charge in [-0.3, -0.25) is 4.79 Å². The third-order valence-corrected chi connectivity index (χ3v) is 3.68. The number of nitrogens with zero attached hydrogens (tertiary/aromatic N) is 1. The van der Waals surface area contributed by atoms with Crippen molar-refractivity contribution >= 4 is 16.9 Å². The number of fused-ring (bicyclic) bond motifs is 1. The van der Waals surface area contributed by atoms with E-state index in [0.717, 1.165) is 12.8 Å². The summed E-state index contributed by atoms with van der Waals surface area (Å²) in [5.74, 6) is -0.337. The molecule has 1 fully saturated rings. The number of hydrogen-bond donors (Lipinski definition) is 1. The molecule has 1 saturated carbocycles. The first-order valence-electron chi connectivity index (χ1n) is 6.72. The SMILES string of the molecule is Cc1c(C(=O)N(CCO)C2CC2)oc2ccc(F)cc12. The van der Waals surface area contributed by atoms with Crippen LogP contribution in [0.3, 0.4) is 0 Å². The van der Waals surface area contributed by atoms with E-state index in [1.807, 2.05) is 0 Å². The van der Waals surface area contributed by atoms with Gasteiger partial charge in [0, 0.05) is 23.5 Å². The molecule has 4 nitrogen and oxygen atoms in total.